The molecule has 162 valence electrons. The number of aliphatic imine (C=N–C) groups is 1. The second-order valence-corrected chi connectivity index (χ2v) is 11.3. The van der Waals surface area contributed by atoms with Crippen molar-refractivity contribution in [1.82, 2.24) is 0 Å². The highest BCUT2D eigenvalue weighted by Gasteiger charge is 2.66. The van der Waals surface area contributed by atoms with Gasteiger partial charge in [0.15, 0.2) is 0 Å². The van der Waals surface area contributed by atoms with Gasteiger partial charge >= 0.3 is 10.2 Å². The first kappa shape index (κ1) is 23.2. The molecule has 2 aromatic rings. The Morgan fingerprint density at radius 1 is 0.828 bits per heavy atom. The van der Waals surface area contributed by atoms with E-state index in [1.165, 1.54) is 6.07 Å². The van der Waals surface area contributed by atoms with Crippen molar-refractivity contribution in [3.63, 3.8) is 0 Å². The van der Waals surface area contributed by atoms with Crippen LogP contribution in [0, 0.1) is 0 Å². The maximum absolute atomic E-state index is 13.4. The van der Waals surface area contributed by atoms with E-state index in [9.17, 15) is 19.4 Å². The van der Waals surface area contributed by atoms with Crippen molar-refractivity contribution in [1.29, 1.82) is 0 Å². The minimum atomic E-state index is -9.87. The van der Waals surface area contributed by atoms with E-state index in [0.29, 0.717) is 17.4 Å². The fraction of sp³-hybridized carbons (Fsp3) is 0.381. The van der Waals surface area contributed by atoms with Gasteiger partial charge in [-0.2, -0.15) is 0 Å². The van der Waals surface area contributed by atoms with Crippen LogP contribution in [0.4, 0.5) is 25.1 Å². The van der Waals surface area contributed by atoms with Crippen molar-refractivity contribution in [2.75, 3.05) is 0 Å². The number of para-hydroxylation sites is 2. The van der Waals surface area contributed by atoms with Gasteiger partial charge in [-0.1, -0.05) is 64.5 Å². The van der Waals surface area contributed by atoms with Crippen LogP contribution in [0.5, 0.6) is 5.75 Å². The number of halogens is 5. The number of rotatable bonds is 4. The molecule has 2 aromatic carbocycles. The molecule has 0 saturated heterocycles. The van der Waals surface area contributed by atoms with Crippen LogP contribution in [0.3, 0.4) is 0 Å². The Hall–Kier alpha value is -2.09. The van der Waals surface area contributed by atoms with Crippen molar-refractivity contribution in [2.24, 2.45) is 4.99 Å². The number of ether oxygens (including phenoxy) is 1. The smallest absolute Gasteiger partial charge is 0.312 e. The van der Waals surface area contributed by atoms with Gasteiger partial charge in [0.25, 0.3) is 0 Å². The van der Waals surface area contributed by atoms with Gasteiger partial charge in [-0.15, -0.1) is 0 Å². The van der Waals surface area contributed by atoms with Gasteiger partial charge in [0.1, 0.15) is 16.2 Å². The Bertz CT molecular complexity index is 939. The first-order chi connectivity index (χ1) is 12.8. The summed E-state index contributed by atoms with van der Waals surface area (Å²) in [5, 5.41) is 0. The molecule has 0 N–H and O–H groups in total. The predicted molar refractivity (Wildman–Crippen MR) is 111 cm³/mol. The largest absolute Gasteiger partial charge is 0.487 e. The highest BCUT2D eigenvalue weighted by atomic mass is 32.5. The first-order valence-electron chi connectivity index (χ1n) is 8.98. The third-order valence-electron chi connectivity index (χ3n) is 3.89. The van der Waals surface area contributed by atoms with Gasteiger partial charge in [0, 0.05) is 17.3 Å². The zero-order valence-corrected chi connectivity index (χ0v) is 18.1. The van der Waals surface area contributed by atoms with Crippen molar-refractivity contribution in [3.05, 3.63) is 53.6 Å². The Morgan fingerprint density at radius 3 is 1.93 bits per heavy atom. The van der Waals surface area contributed by atoms with Crippen LogP contribution in [0.1, 0.15) is 52.7 Å². The highest BCUT2D eigenvalue weighted by molar-refractivity contribution is 8.45. The first-order valence-corrected chi connectivity index (χ1v) is 10.9. The number of nitrogens with zero attached hydrogens (tertiary/aromatic N) is 1. The molecular formula is C21H26F5NOS. The Balaban J connectivity index is 2.64. The molecule has 0 spiro atoms. The predicted octanol–water partition coefficient (Wildman–Crippen LogP) is 8.57. The molecule has 0 aliphatic heterocycles. The summed E-state index contributed by atoms with van der Waals surface area (Å²) >= 11 is 0. The quantitative estimate of drug-likeness (QED) is 0.348. The summed E-state index contributed by atoms with van der Waals surface area (Å²) in [7, 11) is -9.87. The number of hydrogen-bond acceptors (Lipinski definition) is 2. The Morgan fingerprint density at radius 2 is 1.41 bits per heavy atom. The lowest BCUT2D eigenvalue weighted by atomic mass is 9.85. The van der Waals surface area contributed by atoms with Crippen LogP contribution >= 0.6 is 10.2 Å². The molecule has 0 fully saturated rings. The summed E-state index contributed by atoms with van der Waals surface area (Å²) in [6.07, 6.45) is 1.14. The summed E-state index contributed by atoms with van der Waals surface area (Å²) in [6.45, 7) is 11.5. The summed E-state index contributed by atoms with van der Waals surface area (Å²) in [5.41, 5.74) is -0.492. The van der Waals surface area contributed by atoms with Crippen molar-refractivity contribution >= 4 is 22.1 Å². The van der Waals surface area contributed by atoms with E-state index in [0.717, 1.165) is 23.9 Å². The van der Waals surface area contributed by atoms with Crippen LogP contribution in [0.25, 0.3) is 0 Å². The zero-order valence-electron chi connectivity index (χ0n) is 17.3. The van der Waals surface area contributed by atoms with Crippen LogP contribution in [0.15, 0.2) is 52.4 Å². The summed E-state index contributed by atoms with van der Waals surface area (Å²) in [6, 6.07) is 8.64. The third-order valence-corrected chi connectivity index (χ3v) is 5.06. The van der Waals surface area contributed by atoms with Crippen LogP contribution in [-0.2, 0) is 5.41 Å². The molecule has 0 aromatic heterocycles. The molecule has 0 saturated carbocycles. The van der Waals surface area contributed by atoms with Gasteiger partial charge in [0.05, 0.1) is 5.69 Å². The lowest BCUT2D eigenvalue weighted by molar-refractivity contribution is 0.127. The maximum Gasteiger partial charge on any atom is 0.312 e. The fourth-order valence-corrected chi connectivity index (χ4v) is 3.55. The van der Waals surface area contributed by atoms with E-state index in [2.05, 4.69) is 4.99 Å². The summed E-state index contributed by atoms with van der Waals surface area (Å²) < 4.78 is 72.8. The van der Waals surface area contributed by atoms with Gasteiger partial charge in [0.2, 0.25) is 0 Å². The van der Waals surface area contributed by atoms with Crippen molar-refractivity contribution < 1.29 is 24.2 Å². The number of benzene rings is 2. The van der Waals surface area contributed by atoms with Crippen molar-refractivity contribution in [2.45, 2.75) is 57.5 Å². The van der Waals surface area contributed by atoms with E-state index in [4.69, 9.17) is 4.74 Å². The zero-order chi connectivity index (χ0) is 22.4. The molecule has 8 heteroatoms. The molecule has 2 rings (SSSR count). The summed E-state index contributed by atoms with van der Waals surface area (Å²) in [5.74, 6) is 0.459. The Labute approximate surface area is 168 Å². The summed E-state index contributed by atoms with van der Waals surface area (Å²) in [4.78, 5) is 1.77. The fourth-order valence-electron chi connectivity index (χ4n) is 2.70. The monoisotopic (exact) mass is 435 g/mol. The SMILES string of the molecule is CC(C)(C)Oc1c(/C=N/c2ccccc2S(F)(F)(F)(F)F)cccc1C(C)(C)C. The second kappa shape index (κ2) is 6.45. The standard InChI is InChI=1S/C21H26F5NOS/c1-20(2,3)16-11-9-10-15(19(16)28-21(4,5)6)14-27-17-12-7-8-13-18(17)29(22,23,24,25)26/h7-14H,1-6H3/b27-14+. The normalized spacial score (nSPS) is 15.8. The minimum absolute atomic E-state index is 0.313. The van der Waals surface area contributed by atoms with E-state index < -0.39 is 26.4 Å². The molecule has 0 radical (unpaired) electrons. The van der Waals surface area contributed by atoms with E-state index in [1.807, 2.05) is 47.6 Å². The molecule has 0 bridgehead atoms. The lowest BCUT2D eigenvalue weighted by Gasteiger charge is -2.41. The average Bonchev–Trinajstić information content (AvgIpc) is 2.49. The van der Waals surface area contributed by atoms with E-state index in [-0.39, 0.29) is 5.41 Å². The Kier molecular flexibility index (Phi) is 5.16. The molecule has 0 unspecified atom stereocenters. The lowest BCUT2D eigenvalue weighted by Crippen LogP contribution is -2.26. The van der Waals surface area contributed by atoms with Gasteiger partial charge in [-0.3, -0.25) is 4.99 Å². The van der Waals surface area contributed by atoms with Crippen LogP contribution < -0.4 is 4.74 Å². The maximum atomic E-state index is 13.4. The molecule has 0 heterocycles. The number of hydrogen-bond donors (Lipinski definition) is 0. The van der Waals surface area contributed by atoms with Gasteiger partial charge in [-0.25, -0.2) is 0 Å². The molecule has 0 amide bonds. The molecule has 0 aliphatic carbocycles. The van der Waals surface area contributed by atoms with E-state index in [1.54, 1.807) is 12.1 Å². The second-order valence-electron chi connectivity index (χ2n) is 8.88. The van der Waals surface area contributed by atoms with Gasteiger partial charge < -0.3 is 4.74 Å². The molecular weight excluding hydrogens is 409 g/mol. The molecule has 2 nitrogen and oxygen atoms in total. The third kappa shape index (κ3) is 6.19. The minimum Gasteiger partial charge on any atom is -0.487 e. The molecule has 0 atom stereocenters. The van der Waals surface area contributed by atoms with Gasteiger partial charge in [-0.05, 0) is 44.4 Å². The average molecular weight is 436 g/mol. The van der Waals surface area contributed by atoms with E-state index >= 15 is 0 Å². The van der Waals surface area contributed by atoms with Crippen LogP contribution in [-0.4, -0.2) is 11.8 Å². The van der Waals surface area contributed by atoms with Crippen LogP contribution in [0.2, 0.25) is 0 Å². The molecule has 29 heavy (non-hydrogen) atoms. The van der Waals surface area contributed by atoms with Crippen molar-refractivity contribution in [3.8, 4) is 5.75 Å². The highest BCUT2D eigenvalue weighted by Crippen LogP contribution is 3.03. The topological polar surface area (TPSA) is 21.6 Å². The molecule has 0 aliphatic rings.